The second kappa shape index (κ2) is 6.45. The van der Waals surface area contributed by atoms with Crippen LogP contribution in [-0.4, -0.2) is 22.6 Å². The molecule has 0 radical (unpaired) electrons. The van der Waals surface area contributed by atoms with Gasteiger partial charge in [-0.15, -0.1) is 11.3 Å². The predicted octanol–water partition coefficient (Wildman–Crippen LogP) is 2.41. The first-order valence-corrected chi connectivity index (χ1v) is 6.94. The lowest BCUT2D eigenvalue weighted by atomic mass is 9.99. The van der Waals surface area contributed by atoms with Crippen molar-refractivity contribution in [1.29, 1.82) is 0 Å². The summed E-state index contributed by atoms with van der Waals surface area (Å²) >= 11 is 1.60. The van der Waals surface area contributed by atoms with Crippen molar-refractivity contribution in [3.05, 3.63) is 52.0 Å². The molecule has 0 bridgehead atoms. The van der Waals surface area contributed by atoms with Gasteiger partial charge in [0.25, 0.3) is 0 Å². The minimum Gasteiger partial charge on any atom is -0.481 e. The molecule has 1 heterocycles. The summed E-state index contributed by atoms with van der Waals surface area (Å²) in [5.41, 5.74) is 1.77. The Balaban J connectivity index is 1.93. The van der Waals surface area contributed by atoms with Gasteiger partial charge in [-0.3, -0.25) is 4.79 Å². The second-order valence-electron chi connectivity index (χ2n) is 4.29. The fourth-order valence-electron chi connectivity index (χ4n) is 1.87. The molecule has 0 aliphatic heterocycles. The zero-order valence-corrected chi connectivity index (χ0v) is 11.5. The molecule has 0 spiro atoms. The number of carbonyl (C=O) groups is 1. The summed E-state index contributed by atoms with van der Waals surface area (Å²) in [6.07, 6.45) is 0. The molecule has 0 saturated heterocycles. The fraction of sp³-hybridized carbons (Fsp3) is 0.286. The van der Waals surface area contributed by atoms with E-state index in [9.17, 15) is 9.90 Å². The van der Waals surface area contributed by atoms with Crippen LogP contribution in [0, 0.1) is 6.92 Å². The fourth-order valence-corrected chi connectivity index (χ4v) is 2.48. The largest absolute Gasteiger partial charge is 0.481 e. The quantitative estimate of drug-likeness (QED) is 0.850. The number of carboxylic acid groups (broad SMARTS) is 1. The van der Waals surface area contributed by atoms with Gasteiger partial charge in [-0.2, -0.15) is 0 Å². The Hall–Kier alpha value is -1.72. The highest BCUT2D eigenvalue weighted by Gasteiger charge is 2.18. The van der Waals surface area contributed by atoms with Gasteiger partial charge in [0, 0.05) is 18.5 Å². The smallest absolute Gasteiger partial charge is 0.312 e. The average molecular weight is 276 g/mol. The first-order chi connectivity index (χ1) is 9.16. The normalized spacial score (nSPS) is 12.3. The summed E-state index contributed by atoms with van der Waals surface area (Å²) in [5, 5.41) is 15.4. The van der Waals surface area contributed by atoms with Gasteiger partial charge in [-0.05, 0) is 12.5 Å². The number of rotatable bonds is 6. The zero-order valence-electron chi connectivity index (χ0n) is 10.7. The molecule has 0 fully saturated rings. The summed E-state index contributed by atoms with van der Waals surface area (Å²) in [7, 11) is 0. The molecule has 1 aromatic heterocycles. The van der Waals surface area contributed by atoms with E-state index in [1.54, 1.807) is 11.3 Å². The Morgan fingerprint density at radius 2 is 2.16 bits per heavy atom. The van der Waals surface area contributed by atoms with Gasteiger partial charge in [0.1, 0.15) is 0 Å². The molecule has 1 unspecified atom stereocenters. The molecule has 1 atom stereocenters. The van der Waals surface area contributed by atoms with Crippen molar-refractivity contribution in [3.8, 4) is 0 Å². The van der Waals surface area contributed by atoms with Gasteiger partial charge in [-0.25, -0.2) is 4.98 Å². The number of carboxylic acids is 1. The zero-order chi connectivity index (χ0) is 13.7. The number of nitrogens with zero attached hydrogens (tertiary/aromatic N) is 1. The third kappa shape index (κ3) is 3.87. The van der Waals surface area contributed by atoms with Crippen LogP contribution in [-0.2, 0) is 11.3 Å². The summed E-state index contributed by atoms with van der Waals surface area (Å²) < 4.78 is 0. The van der Waals surface area contributed by atoms with Crippen LogP contribution in [0.5, 0.6) is 0 Å². The van der Waals surface area contributed by atoms with Crippen LogP contribution in [0.3, 0.4) is 0 Å². The molecule has 1 aromatic carbocycles. The number of aromatic nitrogens is 1. The molecule has 0 saturated carbocycles. The van der Waals surface area contributed by atoms with Gasteiger partial charge in [-0.1, -0.05) is 30.3 Å². The lowest BCUT2D eigenvalue weighted by Gasteiger charge is -2.13. The standard InChI is InChI=1S/C14H16N2O2S/c1-10-16-12(9-19-10)7-15-8-13(14(17)18)11-5-3-2-4-6-11/h2-6,9,13,15H,7-8H2,1H3,(H,17,18). The van der Waals surface area contributed by atoms with Crippen molar-refractivity contribution in [1.82, 2.24) is 10.3 Å². The van der Waals surface area contributed by atoms with Crippen LogP contribution in [0.25, 0.3) is 0 Å². The molecule has 19 heavy (non-hydrogen) atoms. The Bertz CT molecular complexity index is 539. The molecule has 2 aromatic rings. The Morgan fingerprint density at radius 1 is 1.42 bits per heavy atom. The summed E-state index contributed by atoms with van der Waals surface area (Å²) in [4.78, 5) is 15.6. The maximum atomic E-state index is 11.3. The number of thiazole rings is 1. The number of benzene rings is 1. The lowest BCUT2D eigenvalue weighted by Crippen LogP contribution is -2.26. The van der Waals surface area contributed by atoms with E-state index in [0.29, 0.717) is 13.1 Å². The second-order valence-corrected chi connectivity index (χ2v) is 5.35. The van der Waals surface area contributed by atoms with Crippen LogP contribution in [0.1, 0.15) is 22.2 Å². The number of hydrogen-bond acceptors (Lipinski definition) is 4. The minimum absolute atomic E-state index is 0.399. The summed E-state index contributed by atoms with van der Waals surface area (Å²) in [6, 6.07) is 9.28. The Kier molecular flexibility index (Phi) is 4.65. The number of nitrogens with one attached hydrogen (secondary N) is 1. The van der Waals surface area contributed by atoms with E-state index in [-0.39, 0.29) is 0 Å². The molecular weight excluding hydrogens is 260 g/mol. The van der Waals surface area contributed by atoms with Crippen molar-refractivity contribution in [2.45, 2.75) is 19.4 Å². The van der Waals surface area contributed by atoms with Crippen LogP contribution in [0.2, 0.25) is 0 Å². The summed E-state index contributed by atoms with van der Waals surface area (Å²) in [5.74, 6) is -1.34. The summed E-state index contributed by atoms with van der Waals surface area (Å²) in [6.45, 7) is 2.95. The number of aliphatic carboxylic acids is 1. The van der Waals surface area contributed by atoms with Crippen molar-refractivity contribution in [2.24, 2.45) is 0 Å². The lowest BCUT2D eigenvalue weighted by molar-refractivity contribution is -0.138. The average Bonchev–Trinajstić information content (AvgIpc) is 2.81. The number of aryl methyl sites for hydroxylation is 1. The highest BCUT2D eigenvalue weighted by molar-refractivity contribution is 7.09. The highest BCUT2D eigenvalue weighted by Crippen LogP contribution is 2.15. The molecule has 100 valence electrons. The van der Waals surface area contributed by atoms with E-state index in [1.165, 1.54) is 0 Å². The molecular formula is C14H16N2O2S. The third-order valence-corrected chi connectivity index (χ3v) is 3.64. The Labute approximate surface area is 116 Å². The van der Waals surface area contributed by atoms with E-state index < -0.39 is 11.9 Å². The first kappa shape index (κ1) is 13.7. The third-order valence-electron chi connectivity index (χ3n) is 2.82. The molecule has 2 N–H and O–H groups in total. The van der Waals surface area contributed by atoms with Crippen LogP contribution in [0.4, 0.5) is 0 Å². The molecule has 4 nitrogen and oxygen atoms in total. The number of hydrogen-bond donors (Lipinski definition) is 2. The van der Waals surface area contributed by atoms with E-state index in [2.05, 4.69) is 10.3 Å². The van der Waals surface area contributed by atoms with Crippen LogP contribution < -0.4 is 5.32 Å². The molecule has 2 rings (SSSR count). The van der Waals surface area contributed by atoms with Crippen LogP contribution >= 0.6 is 11.3 Å². The molecule has 0 aliphatic rings. The van der Waals surface area contributed by atoms with Crippen molar-refractivity contribution >= 4 is 17.3 Å². The van der Waals surface area contributed by atoms with Gasteiger partial charge in [0.05, 0.1) is 16.6 Å². The van der Waals surface area contributed by atoms with E-state index >= 15 is 0 Å². The SMILES string of the molecule is Cc1nc(CNCC(C(=O)O)c2ccccc2)cs1. The maximum Gasteiger partial charge on any atom is 0.312 e. The Morgan fingerprint density at radius 3 is 2.74 bits per heavy atom. The molecule has 0 amide bonds. The van der Waals surface area contributed by atoms with E-state index in [1.807, 2.05) is 42.6 Å². The highest BCUT2D eigenvalue weighted by atomic mass is 32.1. The van der Waals surface area contributed by atoms with E-state index in [0.717, 1.165) is 16.3 Å². The maximum absolute atomic E-state index is 11.3. The molecule has 5 heteroatoms. The monoisotopic (exact) mass is 276 g/mol. The van der Waals surface area contributed by atoms with Crippen molar-refractivity contribution in [2.75, 3.05) is 6.54 Å². The van der Waals surface area contributed by atoms with Crippen molar-refractivity contribution < 1.29 is 9.90 Å². The van der Waals surface area contributed by atoms with Gasteiger partial charge >= 0.3 is 5.97 Å². The van der Waals surface area contributed by atoms with Crippen LogP contribution in [0.15, 0.2) is 35.7 Å². The minimum atomic E-state index is -0.812. The van der Waals surface area contributed by atoms with Gasteiger partial charge in [0.2, 0.25) is 0 Å². The molecule has 0 aliphatic carbocycles. The van der Waals surface area contributed by atoms with E-state index in [4.69, 9.17) is 0 Å². The topological polar surface area (TPSA) is 62.2 Å². The first-order valence-electron chi connectivity index (χ1n) is 6.06. The van der Waals surface area contributed by atoms with Crippen molar-refractivity contribution in [3.63, 3.8) is 0 Å². The predicted molar refractivity (Wildman–Crippen MR) is 75.4 cm³/mol. The van der Waals surface area contributed by atoms with Gasteiger partial charge in [0.15, 0.2) is 0 Å². The van der Waals surface area contributed by atoms with Gasteiger partial charge < -0.3 is 10.4 Å².